The maximum atomic E-state index is 12.5. The summed E-state index contributed by atoms with van der Waals surface area (Å²) in [5.74, 6) is -0.0350. The minimum absolute atomic E-state index is 0.0645. The Morgan fingerprint density at radius 1 is 1.24 bits per heavy atom. The van der Waals surface area contributed by atoms with E-state index in [2.05, 4.69) is 16.7 Å². The topological polar surface area (TPSA) is 41.1 Å². The van der Waals surface area contributed by atoms with Crippen LogP contribution in [0, 0.1) is 0 Å². The second kappa shape index (κ2) is 6.00. The fourth-order valence-corrected chi connectivity index (χ4v) is 2.87. The molecular formula is C18H20N2O. The van der Waals surface area contributed by atoms with E-state index in [0.717, 1.165) is 30.6 Å². The summed E-state index contributed by atoms with van der Waals surface area (Å²) in [6.45, 7) is 3.03. The van der Waals surface area contributed by atoms with Crippen LogP contribution in [0.5, 0.6) is 0 Å². The van der Waals surface area contributed by atoms with E-state index < -0.39 is 0 Å². The third-order valence-electron chi connectivity index (χ3n) is 4.01. The Balaban J connectivity index is 1.76. The summed E-state index contributed by atoms with van der Waals surface area (Å²) >= 11 is 0. The van der Waals surface area contributed by atoms with Crippen molar-refractivity contribution in [3.8, 4) is 0 Å². The third-order valence-corrected chi connectivity index (χ3v) is 4.01. The summed E-state index contributed by atoms with van der Waals surface area (Å²) in [6, 6.07) is 16.0. The first-order chi connectivity index (χ1) is 10.3. The summed E-state index contributed by atoms with van der Waals surface area (Å²) < 4.78 is 0. The van der Waals surface area contributed by atoms with Crippen molar-refractivity contribution in [1.82, 2.24) is 0 Å². The Kier molecular flexibility index (Phi) is 3.91. The van der Waals surface area contributed by atoms with Gasteiger partial charge in [-0.1, -0.05) is 37.3 Å². The number of hydrogen-bond donors (Lipinski definition) is 2. The van der Waals surface area contributed by atoms with E-state index in [-0.39, 0.29) is 11.8 Å². The van der Waals surface area contributed by atoms with Crippen LogP contribution in [0.3, 0.4) is 0 Å². The molecule has 1 unspecified atom stereocenters. The van der Waals surface area contributed by atoms with E-state index >= 15 is 0 Å². The lowest BCUT2D eigenvalue weighted by Gasteiger charge is -2.16. The fraction of sp³-hybridized carbons (Fsp3) is 0.278. The lowest BCUT2D eigenvalue weighted by Crippen LogP contribution is -2.20. The van der Waals surface area contributed by atoms with E-state index in [0.29, 0.717) is 0 Å². The van der Waals surface area contributed by atoms with Crippen LogP contribution in [0.4, 0.5) is 11.4 Å². The number of anilines is 2. The van der Waals surface area contributed by atoms with Gasteiger partial charge in [0.2, 0.25) is 5.91 Å². The summed E-state index contributed by atoms with van der Waals surface area (Å²) in [5.41, 5.74) is 4.42. The first kappa shape index (κ1) is 13.7. The van der Waals surface area contributed by atoms with E-state index in [1.54, 1.807) is 0 Å². The molecule has 0 radical (unpaired) electrons. The van der Waals surface area contributed by atoms with Crippen molar-refractivity contribution < 1.29 is 4.79 Å². The zero-order chi connectivity index (χ0) is 14.7. The van der Waals surface area contributed by atoms with Gasteiger partial charge in [-0.05, 0) is 42.2 Å². The molecule has 0 spiro atoms. The maximum Gasteiger partial charge on any atom is 0.231 e. The molecule has 1 heterocycles. The van der Waals surface area contributed by atoms with E-state index in [4.69, 9.17) is 0 Å². The van der Waals surface area contributed by atoms with Crippen molar-refractivity contribution in [3.63, 3.8) is 0 Å². The van der Waals surface area contributed by atoms with Crippen LogP contribution in [0.15, 0.2) is 48.5 Å². The van der Waals surface area contributed by atoms with Gasteiger partial charge in [-0.15, -0.1) is 0 Å². The molecule has 0 aromatic heterocycles. The van der Waals surface area contributed by atoms with E-state index in [1.807, 2.05) is 49.4 Å². The number of nitrogens with one attached hydrogen (secondary N) is 2. The molecular weight excluding hydrogens is 260 g/mol. The standard InChI is InChI=1S/C18H20N2O/c1-2-16(13-6-4-3-5-7-13)18(21)20-15-8-9-17-14(12-15)10-11-19-17/h3-9,12,16,19H,2,10-11H2,1H3,(H,20,21). The fourth-order valence-electron chi connectivity index (χ4n) is 2.87. The molecule has 3 rings (SSSR count). The Labute approximate surface area is 125 Å². The lowest BCUT2D eigenvalue weighted by atomic mass is 9.95. The van der Waals surface area contributed by atoms with Crippen molar-refractivity contribution in [2.45, 2.75) is 25.7 Å². The van der Waals surface area contributed by atoms with Crippen LogP contribution < -0.4 is 10.6 Å². The van der Waals surface area contributed by atoms with Gasteiger partial charge in [-0.2, -0.15) is 0 Å². The highest BCUT2D eigenvalue weighted by molar-refractivity contribution is 5.96. The molecule has 0 saturated heterocycles. The summed E-state index contributed by atoms with van der Waals surface area (Å²) in [4.78, 5) is 12.5. The lowest BCUT2D eigenvalue weighted by molar-refractivity contribution is -0.117. The molecule has 3 nitrogen and oxygen atoms in total. The Morgan fingerprint density at radius 3 is 2.81 bits per heavy atom. The number of benzene rings is 2. The van der Waals surface area contributed by atoms with Gasteiger partial charge < -0.3 is 10.6 Å². The largest absolute Gasteiger partial charge is 0.384 e. The molecule has 2 aromatic carbocycles. The van der Waals surface area contributed by atoms with Crippen molar-refractivity contribution in [1.29, 1.82) is 0 Å². The molecule has 1 aliphatic heterocycles. The first-order valence-corrected chi connectivity index (χ1v) is 7.50. The van der Waals surface area contributed by atoms with Gasteiger partial charge in [0.25, 0.3) is 0 Å². The molecule has 2 N–H and O–H groups in total. The molecule has 1 amide bonds. The highest BCUT2D eigenvalue weighted by Crippen LogP contribution is 2.27. The molecule has 1 aliphatic rings. The molecule has 2 aromatic rings. The Hall–Kier alpha value is -2.29. The number of carbonyl (C=O) groups is 1. The molecule has 21 heavy (non-hydrogen) atoms. The van der Waals surface area contributed by atoms with Crippen LogP contribution in [0.2, 0.25) is 0 Å². The zero-order valence-electron chi connectivity index (χ0n) is 12.2. The molecule has 0 fully saturated rings. The zero-order valence-corrected chi connectivity index (χ0v) is 12.2. The van der Waals surface area contributed by atoms with Crippen molar-refractivity contribution in [2.75, 3.05) is 17.2 Å². The number of rotatable bonds is 4. The smallest absolute Gasteiger partial charge is 0.231 e. The highest BCUT2D eigenvalue weighted by Gasteiger charge is 2.19. The van der Waals surface area contributed by atoms with Crippen molar-refractivity contribution >= 4 is 17.3 Å². The molecule has 108 valence electrons. The first-order valence-electron chi connectivity index (χ1n) is 7.50. The summed E-state index contributed by atoms with van der Waals surface area (Å²) in [5, 5.41) is 6.38. The van der Waals surface area contributed by atoms with Crippen LogP contribution in [-0.2, 0) is 11.2 Å². The third kappa shape index (κ3) is 2.92. The maximum absolute atomic E-state index is 12.5. The van der Waals surface area contributed by atoms with Gasteiger partial charge in [0.15, 0.2) is 0 Å². The minimum atomic E-state index is -0.0995. The van der Waals surface area contributed by atoms with Crippen LogP contribution in [-0.4, -0.2) is 12.5 Å². The summed E-state index contributed by atoms with van der Waals surface area (Å²) in [6.07, 6.45) is 1.82. The van der Waals surface area contributed by atoms with Crippen molar-refractivity contribution in [3.05, 3.63) is 59.7 Å². The van der Waals surface area contributed by atoms with Gasteiger partial charge in [-0.25, -0.2) is 0 Å². The average molecular weight is 280 g/mol. The number of hydrogen-bond acceptors (Lipinski definition) is 2. The van der Waals surface area contributed by atoms with Gasteiger partial charge in [0.05, 0.1) is 5.92 Å². The van der Waals surface area contributed by atoms with Crippen LogP contribution >= 0.6 is 0 Å². The molecule has 3 heteroatoms. The number of fused-ring (bicyclic) bond motifs is 1. The molecule has 0 aliphatic carbocycles. The van der Waals surface area contributed by atoms with Crippen LogP contribution in [0.1, 0.15) is 30.4 Å². The predicted octanol–water partition coefficient (Wildman–Crippen LogP) is 3.79. The van der Waals surface area contributed by atoms with Crippen molar-refractivity contribution in [2.24, 2.45) is 0 Å². The van der Waals surface area contributed by atoms with Gasteiger partial charge in [0.1, 0.15) is 0 Å². The molecule has 1 atom stereocenters. The quantitative estimate of drug-likeness (QED) is 0.894. The molecule has 0 saturated carbocycles. The van der Waals surface area contributed by atoms with E-state index in [9.17, 15) is 4.79 Å². The second-order valence-corrected chi connectivity index (χ2v) is 5.41. The number of carbonyl (C=O) groups excluding carboxylic acids is 1. The normalized spacial score (nSPS) is 14.1. The van der Waals surface area contributed by atoms with Gasteiger partial charge >= 0.3 is 0 Å². The highest BCUT2D eigenvalue weighted by atomic mass is 16.1. The Bertz CT molecular complexity index is 637. The summed E-state index contributed by atoms with van der Waals surface area (Å²) in [7, 11) is 0. The van der Waals surface area contributed by atoms with Gasteiger partial charge in [0, 0.05) is 17.9 Å². The monoisotopic (exact) mass is 280 g/mol. The minimum Gasteiger partial charge on any atom is -0.384 e. The number of amides is 1. The molecule has 0 bridgehead atoms. The predicted molar refractivity (Wildman–Crippen MR) is 86.7 cm³/mol. The SMILES string of the molecule is CCC(C(=O)Nc1ccc2c(c1)CCN2)c1ccccc1. The average Bonchev–Trinajstić information content (AvgIpc) is 2.96. The van der Waals surface area contributed by atoms with E-state index in [1.165, 1.54) is 11.3 Å². The van der Waals surface area contributed by atoms with Gasteiger partial charge in [-0.3, -0.25) is 4.79 Å². The second-order valence-electron chi connectivity index (χ2n) is 5.41. The van der Waals surface area contributed by atoms with Crippen LogP contribution in [0.25, 0.3) is 0 Å². The Morgan fingerprint density at radius 2 is 2.05 bits per heavy atom.